The standard InChI is InChI=1S/C45H27N5O/c1-3-14-28(15-4-1)43-46-44(33-21-13-25-39-40(33)32-20-9-12-24-38(32)51-39)48-45(47-43)50-35-23-11-8-19-31(35)42-37(50)27-26-36-41(42)30-18-7-10-22-34(30)49(36)29-16-5-2-6-17-29/h1-27H. The SMILES string of the molecule is c1ccc(-c2nc(-c3cccc4oc5ccccc5c34)nc(-n3c4ccccc4c4c5c6ccccc6n(-c6ccccc6)c5ccc43)n2)cc1. The van der Waals surface area contributed by atoms with Crippen molar-refractivity contribution in [1.29, 1.82) is 0 Å². The molecule has 0 N–H and O–H groups in total. The van der Waals surface area contributed by atoms with Gasteiger partial charge in [-0.2, -0.15) is 9.97 Å². The summed E-state index contributed by atoms with van der Waals surface area (Å²) in [5.41, 5.74) is 8.94. The number of aromatic nitrogens is 5. The molecule has 4 aromatic heterocycles. The van der Waals surface area contributed by atoms with Crippen LogP contribution in [-0.4, -0.2) is 24.1 Å². The highest BCUT2D eigenvalue weighted by Crippen LogP contribution is 2.42. The zero-order valence-electron chi connectivity index (χ0n) is 27.2. The van der Waals surface area contributed by atoms with E-state index in [-0.39, 0.29) is 0 Å². The lowest BCUT2D eigenvalue weighted by molar-refractivity contribution is 0.669. The largest absolute Gasteiger partial charge is 0.456 e. The van der Waals surface area contributed by atoms with Crippen molar-refractivity contribution in [3.8, 4) is 34.4 Å². The molecule has 0 bridgehead atoms. The summed E-state index contributed by atoms with van der Waals surface area (Å²) < 4.78 is 10.8. The van der Waals surface area contributed by atoms with E-state index in [1.54, 1.807) is 0 Å². The van der Waals surface area contributed by atoms with E-state index in [1.165, 1.54) is 16.2 Å². The van der Waals surface area contributed by atoms with Crippen LogP contribution in [0.5, 0.6) is 0 Å². The number of hydrogen-bond donors (Lipinski definition) is 0. The van der Waals surface area contributed by atoms with Crippen LogP contribution < -0.4 is 0 Å². The highest BCUT2D eigenvalue weighted by molar-refractivity contribution is 6.28. The second kappa shape index (κ2) is 10.7. The van der Waals surface area contributed by atoms with Crippen LogP contribution in [0.1, 0.15) is 0 Å². The molecule has 0 fully saturated rings. The van der Waals surface area contributed by atoms with Gasteiger partial charge >= 0.3 is 0 Å². The van der Waals surface area contributed by atoms with E-state index in [4.69, 9.17) is 19.4 Å². The van der Waals surface area contributed by atoms with Gasteiger partial charge in [-0.1, -0.05) is 115 Å². The van der Waals surface area contributed by atoms with Crippen molar-refractivity contribution >= 4 is 65.6 Å². The number of nitrogens with zero attached hydrogens (tertiary/aromatic N) is 5. The normalized spacial score (nSPS) is 11.9. The Balaban J connectivity index is 1.26. The fourth-order valence-electron chi connectivity index (χ4n) is 7.85. The highest BCUT2D eigenvalue weighted by atomic mass is 16.3. The van der Waals surface area contributed by atoms with Crippen LogP contribution in [0, 0.1) is 0 Å². The molecule has 0 aliphatic rings. The summed E-state index contributed by atoms with van der Waals surface area (Å²) in [5, 5.41) is 6.72. The Bertz CT molecular complexity index is 3140. The average molecular weight is 654 g/mol. The summed E-state index contributed by atoms with van der Waals surface area (Å²) in [5.74, 6) is 1.75. The molecular formula is C45H27N5O. The molecule has 0 amide bonds. The molecule has 7 aromatic carbocycles. The van der Waals surface area contributed by atoms with Gasteiger partial charge in [0, 0.05) is 49.1 Å². The lowest BCUT2D eigenvalue weighted by Crippen LogP contribution is -2.06. The molecule has 0 saturated carbocycles. The van der Waals surface area contributed by atoms with Crippen LogP contribution in [0.25, 0.3) is 100.0 Å². The summed E-state index contributed by atoms with van der Waals surface area (Å²) in [6.07, 6.45) is 0. The molecule has 0 unspecified atom stereocenters. The second-order valence-electron chi connectivity index (χ2n) is 12.8. The first-order chi connectivity index (χ1) is 25.3. The number of rotatable bonds is 4. The maximum absolute atomic E-state index is 6.28. The van der Waals surface area contributed by atoms with Gasteiger partial charge < -0.3 is 8.98 Å². The first-order valence-electron chi connectivity index (χ1n) is 17.0. The number of benzene rings is 7. The predicted molar refractivity (Wildman–Crippen MR) is 207 cm³/mol. The Morgan fingerprint density at radius 2 is 0.941 bits per heavy atom. The van der Waals surface area contributed by atoms with Crippen molar-refractivity contribution in [3.05, 3.63) is 164 Å². The third kappa shape index (κ3) is 4.07. The maximum atomic E-state index is 6.28. The molecule has 0 spiro atoms. The van der Waals surface area contributed by atoms with E-state index in [0.29, 0.717) is 17.6 Å². The number of furan rings is 1. The smallest absolute Gasteiger partial charge is 0.238 e. The fraction of sp³-hybridized carbons (Fsp3) is 0. The summed E-state index contributed by atoms with van der Waals surface area (Å²) in [4.78, 5) is 15.6. The minimum absolute atomic E-state index is 0.556. The van der Waals surface area contributed by atoms with Crippen molar-refractivity contribution in [2.75, 3.05) is 0 Å². The molecule has 0 aliphatic carbocycles. The van der Waals surface area contributed by atoms with Crippen LogP contribution in [0.4, 0.5) is 0 Å². The van der Waals surface area contributed by atoms with Gasteiger partial charge in [0.1, 0.15) is 11.2 Å². The van der Waals surface area contributed by atoms with Gasteiger partial charge in [-0.05, 0) is 48.5 Å². The summed E-state index contributed by atoms with van der Waals surface area (Å²) >= 11 is 0. The quantitative estimate of drug-likeness (QED) is 0.190. The molecule has 0 radical (unpaired) electrons. The Hall–Kier alpha value is -7.05. The first kappa shape index (κ1) is 27.9. The van der Waals surface area contributed by atoms with Crippen LogP contribution in [0.15, 0.2) is 168 Å². The van der Waals surface area contributed by atoms with Crippen molar-refractivity contribution in [2.24, 2.45) is 0 Å². The van der Waals surface area contributed by atoms with Crippen LogP contribution >= 0.6 is 0 Å². The van der Waals surface area contributed by atoms with E-state index < -0.39 is 0 Å². The monoisotopic (exact) mass is 653 g/mol. The third-order valence-electron chi connectivity index (χ3n) is 9.99. The van der Waals surface area contributed by atoms with Crippen LogP contribution in [-0.2, 0) is 0 Å². The van der Waals surface area contributed by atoms with Crippen LogP contribution in [0.3, 0.4) is 0 Å². The van der Waals surface area contributed by atoms with Gasteiger partial charge in [-0.25, -0.2) is 4.98 Å². The number of fused-ring (bicyclic) bond motifs is 10. The summed E-state index contributed by atoms with van der Waals surface area (Å²) in [6.45, 7) is 0. The predicted octanol–water partition coefficient (Wildman–Crippen LogP) is 11.3. The lowest BCUT2D eigenvalue weighted by Gasteiger charge is -2.11. The molecule has 0 saturated heterocycles. The van der Waals surface area contributed by atoms with Crippen molar-refractivity contribution < 1.29 is 4.42 Å². The van der Waals surface area contributed by atoms with Gasteiger partial charge in [-0.3, -0.25) is 4.57 Å². The van der Waals surface area contributed by atoms with Gasteiger partial charge in [-0.15, -0.1) is 0 Å². The fourth-order valence-corrected chi connectivity index (χ4v) is 7.85. The van der Waals surface area contributed by atoms with E-state index >= 15 is 0 Å². The lowest BCUT2D eigenvalue weighted by atomic mass is 10.1. The van der Waals surface area contributed by atoms with E-state index in [9.17, 15) is 0 Å². The Morgan fingerprint density at radius 3 is 1.69 bits per heavy atom. The van der Waals surface area contributed by atoms with Crippen molar-refractivity contribution in [1.82, 2.24) is 24.1 Å². The number of para-hydroxylation sites is 4. The molecule has 6 heteroatoms. The minimum atomic E-state index is 0.556. The molecule has 0 aliphatic heterocycles. The Labute approximate surface area is 291 Å². The van der Waals surface area contributed by atoms with Crippen molar-refractivity contribution in [2.45, 2.75) is 0 Å². The van der Waals surface area contributed by atoms with Crippen LogP contribution in [0.2, 0.25) is 0 Å². The maximum Gasteiger partial charge on any atom is 0.238 e. The van der Waals surface area contributed by atoms with Crippen molar-refractivity contribution in [3.63, 3.8) is 0 Å². The molecule has 6 nitrogen and oxygen atoms in total. The molecule has 51 heavy (non-hydrogen) atoms. The Morgan fingerprint density at radius 1 is 0.373 bits per heavy atom. The molecule has 4 heterocycles. The third-order valence-corrected chi connectivity index (χ3v) is 9.99. The molecule has 238 valence electrons. The van der Waals surface area contributed by atoms with E-state index in [2.05, 4.69) is 112 Å². The Kier molecular flexibility index (Phi) is 5.86. The van der Waals surface area contributed by atoms with Gasteiger partial charge in [0.05, 0.1) is 22.1 Å². The van der Waals surface area contributed by atoms with E-state index in [0.717, 1.165) is 66.2 Å². The molecular weight excluding hydrogens is 627 g/mol. The molecule has 11 aromatic rings. The van der Waals surface area contributed by atoms with E-state index in [1.807, 2.05) is 60.7 Å². The highest BCUT2D eigenvalue weighted by Gasteiger charge is 2.23. The minimum Gasteiger partial charge on any atom is -0.456 e. The molecule has 0 atom stereocenters. The van der Waals surface area contributed by atoms with Gasteiger partial charge in [0.2, 0.25) is 5.95 Å². The second-order valence-corrected chi connectivity index (χ2v) is 12.8. The summed E-state index contributed by atoms with van der Waals surface area (Å²) in [6, 6.07) is 56.6. The zero-order chi connectivity index (χ0) is 33.5. The number of hydrogen-bond acceptors (Lipinski definition) is 4. The first-order valence-corrected chi connectivity index (χ1v) is 17.0. The van der Waals surface area contributed by atoms with Gasteiger partial charge in [0.25, 0.3) is 0 Å². The average Bonchev–Trinajstić information content (AvgIpc) is 3.86. The topological polar surface area (TPSA) is 61.7 Å². The zero-order valence-corrected chi connectivity index (χ0v) is 27.2. The van der Waals surface area contributed by atoms with Gasteiger partial charge in [0.15, 0.2) is 11.6 Å². The summed E-state index contributed by atoms with van der Waals surface area (Å²) in [7, 11) is 0. The molecule has 11 rings (SSSR count).